The Bertz CT molecular complexity index is 387. The first-order valence-electron chi connectivity index (χ1n) is 8.41. The molecule has 0 saturated carbocycles. The molecule has 0 heterocycles. The minimum atomic E-state index is -1.20. The Morgan fingerprint density at radius 2 is 1.42 bits per heavy atom. The fourth-order valence-corrected chi connectivity index (χ4v) is 2.72. The number of carbonyl (C=O) groups is 3. The van der Waals surface area contributed by atoms with Gasteiger partial charge in [0.05, 0.1) is 39.0 Å². The van der Waals surface area contributed by atoms with Gasteiger partial charge in [0, 0.05) is 12.4 Å². The number of unbranched alkanes of at least 4 members (excludes halogenated alkanes) is 3. The molecule has 0 spiro atoms. The summed E-state index contributed by atoms with van der Waals surface area (Å²) in [4.78, 5) is 32.6. The van der Waals surface area contributed by atoms with Gasteiger partial charge in [0.15, 0.2) is 0 Å². The molecule has 0 aliphatic heterocycles. The molecule has 0 aromatic carbocycles. The molecular weight excluding hydrogens is 314 g/mol. The second-order valence-electron chi connectivity index (χ2n) is 6.06. The standard InChI is InChI=1S/C17H29NO6/c1-2-3-4-5-6-7-11-18(12-8-15(19)20,13-9-16(21)22)14-10-17(23)24/h2-3H,4-14H2,1H3,(H2-,19,20,21,22,23,24)/b3-2+. The second kappa shape index (κ2) is 12.5. The van der Waals surface area contributed by atoms with E-state index in [-0.39, 0.29) is 43.4 Å². The van der Waals surface area contributed by atoms with Crippen LogP contribution in [0.2, 0.25) is 0 Å². The molecule has 0 aliphatic rings. The van der Waals surface area contributed by atoms with Crippen molar-refractivity contribution in [3.05, 3.63) is 12.2 Å². The Labute approximate surface area is 143 Å². The first kappa shape index (κ1) is 22.1. The Morgan fingerprint density at radius 1 is 0.875 bits per heavy atom. The van der Waals surface area contributed by atoms with E-state index in [1.165, 1.54) is 0 Å². The van der Waals surface area contributed by atoms with Gasteiger partial charge >= 0.3 is 11.9 Å². The summed E-state index contributed by atoms with van der Waals surface area (Å²) in [5.41, 5.74) is 0. The third-order valence-electron chi connectivity index (χ3n) is 4.13. The van der Waals surface area contributed by atoms with Gasteiger partial charge in [-0.1, -0.05) is 12.2 Å². The number of nitrogens with zero attached hydrogens (tertiary/aromatic N) is 1. The summed E-state index contributed by atoms with van der Waals surface area (Å²) in [6.07, 6.45) is 7.38. The average Bonchev–Trinajstić information content (AvgIpc) is 2.51. The molecule has 138 valence electrons. The molecule has 0 radical (unpaired) electrons. The van der Waals surface area contributed by atoms with Gasteiger partial charge in [0.2, 0.25) is 0 Å². The molecular formula is C17H29NO6. The van der Waals surface area contributed by atoms with Crippen molar-refractivity contribution >= 4 is 17.9 Å². The van der Waals surface area contributed by atoms with Gasteiger partial charge in [0.25, 0.3) is 0 Å². The van der Waals surface area contributed by atoms with Crippen molar-refractivity contribution in [1.29, 1.82) is 0 Å². The van der Waals surface area contributed by atoms with Crippen LogP contribution >= 0.6 is 0 Å². The molecule has 0 atom stereocenters. The van der Waals surface area contributed by atoms with Crippen LogP contribution in [0.4, 0.5) is 0 Å². The van der Waals surface area contributed by atoms with Crippen molar-refractivity contribution in [2.24, 2.45) is 0 Å². The van der Waals surface area contributed by atoms with Gasteiger partial charge in [-0.3, -0.25) is 9.59 Å². The lowest BCUT2D eigenvalue weighted by Gasteiger charge is -2.38. The van der Waals surface area contributed by atoms with E-state index in [1.807, 2.05) is 13.0 Å². The smallest absolute Gasteiger partial charge is 0.309 e. The number of allylic oxidation sites excluding steroid dienone is 2. The zero-order valence-corrected chi connectivity index (χ0v) is 14.4. The van der Waals surface area contributed by atoms with Gasteiger partial charge in [0.1, 0.15) is 0 Å². The van der Waals surface area contributed by atoms with Crippen molar-refractivity contribution in [3.63, 3.8) is 0 Å². The highest BCUT2D eigenvalue weighted by Gasteiger charge is 2.28. The number of rotatable bonds is 15. The minimum Gasteiger partial charge on any atom is -0.550 e. The third-order valence-corrected chi connectivity index (χ3v) is 4.13. The van der Waals surface area contributed by atoms with E-state index >= 15 is 0 Å². The molecule has 2 N–H and O–H groups in total. The van der Waals surface area contributed by atoms with E-state index in [0.29, 0.717) is 6.54 Å². The summed E-state index contributed by atoms with van der Waals surface area (Å²) in [5, 5.41) is 28.7. The number of hydrogen-bond acceptors (Lipinski definition) is 4. The Balaban J connectivity index is 4.81. The molecule has 0 aliphatic carbocycles. The minimum absolute atomic E-state index is 0.106. The number of carboxylic acid groups (broad SMARTS) is 3. The number of carbonyl (C=O) groups excluding carboxylic acids is 1. The van der Waals surface area contributed by atoms with Crippen LogP contribution in [0, 0.1) is 0 Å². The summed E-state index contributed by atoms with van der Waals surface area (Å²) < 4.78 is 0.205. The highest BCUT2D eigenvalue weighted by atomic mass is 16.4. The van der Waals surface area contributed by atoms with Gasteiger partial charge in [-0.2, -0.15) is 0 Å². The molecule has 0 unspecified atom stereocenters. The maximum Gasteiger partial charge on any atom is 0.309 e. The molecule has 0 aromatic rings. The largest absolute Gasteiger partial charge is 0.550 e. The van der Waals surface area contributed by atoms with Crippen molar-refractivity contribution < 1.29 is 34.2 Å². The predicted molar refractivity (Wildman–Crippen MR) is 87.1 cm³/mol. The molecule has 0 fully saturated rings. The monoisotopic (exact) mass is 343 g/mol. The van der Waals surface area contributed by atoms with E-state index in [9.17, 15) is 19.5 Å². The summed E-state index contributed by atoms with van der Waals surface area (Å²) in [6, 6.07) is 0. The van der Waals surface area contributed by atoms with Gasteiger partial charge in [-0.25, -0.2) is 0 Å². The number of quaternary nitrogens is 1. The zero-order chi connectivity index (χ0) is 18.4. The molecule has 0 saturated heterocycles. The van der Waals surface area contributed by atoms with E-state index in [4.69, 9.17) is 10.2 Å². The van der Waals surface area contributed by atoms with Gasteiger partial charge in [-0.05, 0) is 32.6 Å². The molecule has 7 nitrogen and oxygen atoms in total. The van der Waals surface area contributed by atoms with Crippen molar-refractivity contribution in [2.45, 2.75) is 51.9 Å². The molecule has 0 bridgehead atoms. The summed E-state index contributed by atoms with van der Waals surface area (Å²) in [5.74, 6) is -3.13. The first-order chi connectivity index (χ1) is 11.3. The van der Waals surface area contributed by atoms with Gasteiger partial charge in [-0.15, -0.1) is 0 Å². The molecule has 7 heteroatoms. The third kappa shape index (κ3) is 11.6. The normalized spacial score (nSPS) is 11.7. The van der Waals surface area contributed by atoms with Crippen LogP contribution in [0.15, 0.2) is 12.2 Å². The predicted octanol–water partition coefficient (Wildman–Crippen LogP) is 1.03. The van der Waals surface area contributed by atoms with Crippen LogP contribution in [0.1, 0.15) is 51.9 Å². The Hall–Kier alpha value is -1.89. The lowest BCUT2D eigenvalue weighted by molar-refractivity contribution is -0.927. The van der Waals surface area contributed by atoms with E-state index in [0.717, 1.165) is 25.7 Å². The maximum atomic E-state index is 10.9. The number of hydrogen-bond donors (Lipinski definition) is 2. The lowest BCUT2D eigenvalue weighted by Crippen LogP contribution is -2.53. The van der Waals surface area contributed by atoms with E-state index < -0.39 is 17.9 Å². The van der Waals surface area contributed by atoms with E-state index in [1.54, 1.807) is 0 Å². The first-order valence-corrected chi connectivity index (χ1v) is 8.41. The fraction of sp³-hybridized carbons (Fsp3) is 0.706. The van der Waals surface area contributed by atoms with Crippen LogP contribution in [0.25, 0.3) is 0 Å². The summed E-state index contributed by atoms with van der Waals surface area (Å²) in [6.45, 7) is 3.23. The molecule has 24 heavy (non-hydrogen) atoms. The zero-order valence-electron chi connectivity index (χ0n) is 14.4. The number of aliphatic carboxylic acids is 3. The number of carboxylic acids is 3. The Kier molecular flexibility index (Phi) is 11.5. The topological polar surface area (TPSA) is 115 Å². The lowest BCUT2D eigenvalue weighted by atomic mass is 10.1. The van der Waals surface area contributed by atoms with Crippen LogP contribution in [-0.2, 0) is 14.4 Å². The molecule has 0 amide bonds. The highest BCUT2D eigenvalue weighted by molar-refractivity contribution is 5.67. The van der Waals surface area contributed by atoms with Gasteiger partial charge < -0.3 is 24.6 Å². The quantitative estimate of drug-likeness (QED) is 0.261. The summed E-state index contributed by atoms with van der Waals surface area (Å²) in [7, 11) is 0. The Morgan fingerprint density at radius 3 is 1.88 bits per heavy atom. The van der Waals surface area contributed by atoms with Crippen LogP contribution in [-0.4, -0.2) is 58.8 Å². The molecule has 0 aromatic heterocycles. The van der Waals surface area contributed by atoms with Crippen molar-refractivity contribution in [1.82, 2.24) is 0 Å². The molecule has 0 rings (SSSR count). The van der Waals surface area contributed by atoms with Crippen molar-refractivity contribution in [2.75, 3.05) is 26.2 Å². The van der Waals surface area contributed by atoms with Crippen LogP contribution in [0.5, 0.6) is 0 Å². The fourth-order valence-electron chi connectivity index (χ4n) is 2.72. The average molecular weight is 343 g/mol. The SMILES string of the molecule is C/C=C/CCCCC[N+](CCC(=O)[O-])(CCC(=O)O)CCC(=O)O. The van der Waals surface area contributed by atoms with Crippen LogP contribution in [0.3, 0.4) is 0 Å². The van der Waals surface area contributed by atoms with E-state index in [2.05, 4.69) is 6.08 Å². The maximum absolute atomic E-state index is 10.9. The van der Waals surface area contributed by atoms with Crippen molar-refractivity contribution in [3.8, 4) is 0 Å². The van der Waals surface area contributed by atoms with Crippen LogP contribution < -0.4 is 5.11 Å². The second-order valence-corrected chi connectivity index (χ2v) is 6.06. The highest BCUT2D eigenvalue weighted by Crippen LogP contribution is 2.15. The summed E-state index contributed by atoms with van der Waals surface area (Å²) >= 11 is 0.